The number of nitrogens with one attached hydrogen (secondary N) is 1. The van der Waals surface area contributed by atoms with Gasteiger partial charge in [-0.3, -0.25) is 0 Å². The van der Waals surface area contributed by atoms with Crippen molar-refractivity contribution in [2.24, 2.45) is 0 Å². The summed E-state index contributed by atoms with van der Waals surface area (Å²) in [6.07, 6.45) is 0.591. The Bertz CT molecular complexity index is 568. The SMILES string of the molecule is CCNC(Cc1ccccc1F)c1cc(Cl)cc(Br)c1. The first-order valence-corrected chi connectivity index (χ1v) is 7.70. The van der Waals surface area contributed by atoms with Crippen LogP contribution in [0.5, 0.6) is 0 Å². The Morgan fingerprint density at radius 2 is 2.00 bits per heavy atom. The summed E-state index contributed by atoms with van der Waals surface area (Å²) in [4.78, 5) is 0. The topological polar surface area (TPSA) is 12.0 Å². The maximum absolute atomic E-state index is 13.8. The summed E-state index contributed by atoms with van der Waals surface area (Å²) in [5.74, 6) is -0.170. The fourth-order valence-electron chi connectivity index (χ4n) is 2.21. The van der Waals surface area contributed by atoms with Gasteiger partial charge in [-0.2, -0.15) is 0 Å². The van der Waals surface area contributed by atoms with Crippen LogP contribution in [0.2, 0.25) is 5.02 Å². The lowest BCUT2D eigenvalue weighted by Gasteiger charge is -2.19. The van der Waals surface area contributed by atoms with Gasteiger partial charge in [-0.15, -0.1) is 0 Å². The highest BCUT2D eigenvalue weighted by atomic mass is 79.9. The van der Waals surface area contributed by atoms with E-state index in [0.717, 1.165) is 16.6 Å². The zero-order chi connectivity index (χ0) is 14.5. The van der Waals surface area contributed by atoms with Crippen LogP contribution in [-0.2, 0) is 6.42 Å². The summed E-state index contributed by atoms with van der Waals surface area (Å²) in [6, 6.07) is 12.7. The quantitative estimate of drug-likeness (QED) is 0.782. The molecule has 0 spiro atoms. The summed E-state index contributed by atoms with van der Waals surface area (Å²) in [6.45, 7) is 2.84. The van der Waals surface area contributed by atoms with Gasteiger partial charge in [-0.05, 0) is 48.4 Å². The molecule has 4 heteroatoms. The van der Waals surface area contributed by atoms with Crippen LogP contribution >= 0.6 is 27.5 Å². The Kier molecular flexibility index (Phi) is 5.58. The number of hydrogen-bond acceptors (Lipinski definition) is 1. The molecule has 1 atom stereocenters. The van der Waals surface area contributed by atoms with Crippen molar-refractivity contribution in [3.63, 3.8) is 0 Å². The van der Waals surface area contributed by atoms with Crippen LogP contribution < -0.4 is 5.32 Å². The molecular weight excluding hydrogens is 341 g/mol. The van der Waals surface area contributed by atoms with Gasteiger partial charge in [0.25, 0.3) is 0 Å². The van der Waals surface area contributed by atoms with Crippen LogP contribution in [0.4, 0.5) is 4.39 Å². The molecule has 106 valence electrons. The first-order chi connectivity index (χ1) is 9.60. The molecule has 2 aromatic carbocycles. The average molecular weight is 357 g/mol. The fourth-order valence-corrected chi connectivity index (χ4v) is 3.10. The number of halogens is 3. The van der Waals surface area contributed by atoms with Gasteiger partial charge >= 0.3 is 0 Å². The molecule has 1 unspecified atom stereocenters. The second-order valence-electron chi connectivity index (χ2n) is 4.61. The van der Waals surface area contributed by atoms with E-state index in [1.165, 1.54) is 6.07 Å². The van der Waals surface area contributed by atoms with E-state index in [9.17, 15) is 4.39 Å². The van der Waals surface area contributed by atoms with Gasteiger partial charge in [0.15, 0.2) is 0 Å². The normalized spacial score (nSPS) is 12.4. The molecule has 1 N–H and O–H groups in total. The third-order valence-corrected chi connectivity index (χ3v) is 3.80. The number of benzene rings is 2. The van der Waals surface area contributed by atoms with Crippen LogP contribution in [0.25, 0.3) is 0 Å². The van der Waals surface area contributed by atoms with Crippen LogP contribution in [0.15, 0.2) is 46.9 Å². The van der Waals surface area contributed by atoms with Crippen molar-refractivity contribution < 1.29 is 4.39 Å². The van der Waals surface area contributed by atoms with E-state index in [-0.39, 0.29) is 11.9 Å². The predicted molar refractivity (Wildman–Crippen MR) is 85.7 cm³/mol. The van der Waals surface area contributed by atoms with Gasteiger partial charge in [0.05, 0.1) is 0 Å². The zero-order valence-corrected chi connectivity index (χ0v) is 13.5. The van der Waals surface area contributed by atoms with Crippen LogP contribution in [0, 0.1) is 5.82 Å². The molecule has 0 fully saturated rings. The lowest BCUT2D eigenvalue weighted by atomic mass is 9.98. The molecule has 0 bridgehead atoms. The summed E-state index contributed by atoms with van der Waals surface area (Å²) in [5.41, 5.74) is 1.75. The summed E-state index contributed by atoms with van der Waals surface area (Å²) < 4.78 is 14.7. The van der Waals surface area contributed by atoms with Gasteiger partial charge in [0.1, 0.15) is 5.82 Å². The molecular formula is C16H16BrClFN. The molecule has 0 amide bonds. The van der Waals surface area contributed by atoms with E-state index in [1.807, 2.05) is 37.3 Å². The van der Waals surface area contributed by atoms with E-state index in [4.69, 9.17) is 11.6 Å². The minimum atomic E-state index is -0.170. The van der Waals surface area contributed by atoms with Crippen molar-refractivity contribution in [1.29, 1.82) is 0 Å². The molecule has 0 aliphatic rings. The first-order valence-electron chi connectivity index (χ1n) is 6.53. The van der Waals surface area contributed by atoms with Crippen molar-refractivity contribution in [2.45, 2.75) is 19.4 Å². The molecule has 20 heavy (non-hydrogen) atoms. The van der Waals surface area contributed by atoms with Gasteiger partial charge in [-0.25, -0.2) is 4.39 Å². The molecule has 0 heterocycles. The molecule has 0 aliphatic carbocycles. The lowest BCUT2D eigenvalue weighted by molar-refractivity contribution is 0.528. The predicted octanol–water partition coefficient (Wildman–Crippen LogP) is 5.13. The minimum Gasteiger partial charge on any atom is -0.310 e. The summed E-state index contributed by atoms with van der Waals surface area (Å²) in [7, 11) is 0. The fraction of sp³-hybridized carbons (Fsp3) is 0.250. The van der Waals surface area contributed by atoms with Crippen LogP contribution in [0.1, 0.15) is 24.1 Å². The summed E-state index contributed by atoms with van der Waals surface area (Å²) >= 11 is 9.54. The average Bonchev–Trinajstić information content (AvgIpc) is 2.39. The monoisotopic (exact) mass is 355 g/mol. The maximum Gasteiger partial charge on any atom is 0.126 e. The van der Waals surface area contributed by atoms with Crippen molar-refractivity contribution in [3.05, 3.63) is 68.9 Å². The van der Waals surface area contributed by atoms with Crippen molar-refractivity contribution in [2.75, 3.05) is 6.54 Å². The molecule has 0 radical (unpaired) electrons. The van der Waals surface area contributed by atoms with Gasteiger partial charge in [0.2, 0.25) is 0 Å². The van der Waals surface area contributed by atoms with Gasteiger partial charge in [0, 0.05) is 15.5 Å². The van der Waals surface area contributed by atoms with E-state index in [2.05, 4.69) is 21.2 Å². The Balaban J connectivity index is 2.29. The Hall–Kier alpha value is -0.900. The Morgan fingerprint density at radius 1 is 1.25 bits per heavy atom. The molecule has 2 aromatic rings. The van der Waals surface area contributed by atoms with E-state index in [0.29, 0.717) is 17.0 Å². The molecule has 0 aliphatic heterocycles. The van der Waals surface area contributed by atoms with Crippen molar-refractivity contribution >= 4 is 27.5 Å². The molecule has 0 saturated heterocycles. The third-order valence-electron chi connectivity index (χ3n) is 3.12. The van der Waals surface area contributed by atoms with E-state index >= 15 is 0 Å². The standard InChI is InChI=1S/C16H16BrClFN/c1-2-20-16(9-11-5-3-4-6-15(11)19)12-7-13(17)10-14(18)8-12/h3-8,10,16,20H,2,9H2,1H3. The van der Waals surface area contributed by atoms with E-state index < -0.39 is 0 Å². The maximum atomic E-state index is 13.8. The number of rotatable bonds is 5. The second-order valence-corrected chi connectivity index (χ2v) is 5.96. The first kappa shape index (κ1) is 15.5. The largest absolute Gasteiger partial charge is 0.310 e. The lowest BCUT2D eigenvalue weighted by Crippen LogP contribution is -2.23. The second kappa shape index (κ2) is 7.21. The zero-order valence-electron chi connectivity index (χ0n) is 11.2. The highest BCUT2D eigenvalue weighted by Gasteiger charge is 2.14. The number of likely N-dealkylation sites (N-methyl/N-ethyl adjacent to an activating group) is 1. The van der Waals surface area contributed by atoms with Crippen molar-refractivity contribution in [1.82, 2.24) is 5.32 Å². The molecule has 1 nitrogen and oxygen atoms in total. The van der Waals surface area contributed by atoms with Gasteiger partial charge < -0.3 is 5.32 Å². The molecule has 2 rings (SSSR count). The number of hydrogen-bond donors (Lipinski definition) is 1. The van der Waals surface area contributed by atoms with Gasteiger partial charge in [-0.1, -0.05) is 52.7 Å². The highest BCUT2D eigenvalue weighted by Crippen LogP contribution is 2.26. The highest BCUT2D eigenvalue weighted by molar-refractivity contribution is 9.10. The smallest absolute Gasteiger partial charge is 0.126 e. The third kappa shape index (κ3) is 4.05. The molecule has 0 saturated carbocycles. The van der Waals surface area contributed by atoms with Crippen LogP contribution in [-0.4, -0.2) is 6.54 Å². The molecule has 0 aromatic heterocycles. The van der Waals surface area contributed by atoms with Crippen molar-refractivity contribution in [3.8, 4) is 0 Å². The summed E-state index contributed by atoms with van der Waals surface area (Å²) in [5, 5.41) is 4.05. The minimum absolute atomic E-state index is 0.0342. The Morgan fingerprint density at radius 3 is 2.65 bits per heavy atom. The van der Waals surface area contributed by atoms with E-state index in [1.54, 1.807) is 6.07 Å². The van der Waals surface area contributed by atoms with Crippen LogP contribution in [0.3, 0.4) is 0 Å². The Labute approximate surface area is 132 Å².